The van der Waals surface area contributed by atoms with Crippen molar-refractivity contribution in [3.05, 3.63) is 70.6 Å². The molecule has 0 saturated carbocycles. The van der Waals surface area contributed by atoms with Gasteiger partial charge in [-0.25, -0.2) is 9.48 Å². The zero-order chi connectivity index (χ0) is 41.6. The fourth-order valence-corrected chi connectivity index (χ4v) is 7.02. The molecule has 0 unspecified atom stereocenters. The number of carbonyl (C=O) groups is 3. The molecule has 2 aliphatic heterocycles. The second-order valence-corrected chi connectivity index (χ2v) is 16.1. The first kappa shape index (κ1) is 42.4. The van der Waals surface area contributed by atoms with Gasteiger partial charge in [0.05, 0.1) is 82.0 Å². The standard InChI is InChI=1S/C42H51ClN6O9/c1-26-16-28(43)19-30(17-26)49-38-32-20-31(34(53-7)21-35(32)57-24-33(38)37(47-49)39(51)48-10-13-56-25-42(48,5)6)27-18-29(23-44-22-27)46-36(50)8-11-54-14-15-55-12-9-45-40(52)58-41(2,3)4/h16-23H,8-15,24-25H2,1-7H3,(H,45,52)(H,46,50). The highest BCUT2D eigenvalue weighted by Gasteiger charge is 2.39. The summed E-state index contributed by atoms with van der Waals surface area (Å²) in [4.78, 5) is 45.1. The van der Waals surface area contributed by atoms with Crippen LogP contribution in [0.2, 0.25) is 5.02 Å². The lowest BCUT2D eigenvalue weighted by Gasteiger charge is -2.41. The van der Waals surface area contributed by atoms with E-state index in [1.165, 1.54) is 0 Å². The lowest BCUT2D eigenvalue weighted by atomic mass is 9.95. The molecule has 0 aliphatic carbocycles. The summed E-state index contributed by atoms with van der Waals surface area (Å²) >= 11 is 6.56. The number of anilines is 1. The Kier molecular flexibility index (Phi) is 13.3. The van der Waals surface area contributed by atoms with Gasteiger partial charge in [0, 0.05) is 52.6 Å². The van der Waals surface area contributed by atoms with Crippen LogP contribution < -0.4 is 20.1 Å². The van der Waals surface area contributed by atoms with Crippen LogP contribution in [0, 0.1) is 6.92 Å². The van der Waals surface area contributed by atoms with Crippen molar-refractivity contribution in [2.75, 3.05) is 65.2 Å². The molecule has 2 aliphatic rings. The highest BCUT2D eigenvalue weighted by molar-refractivity contribution is 6.30. The molecule has 4 aromatic rings. The topological polar surface area (TPSA) is 165 Å². The first-order chi connectivity index (χ1) is 27.6. The first-order valence-electron chi connectivity index (χ1n) is 19.2. The second-order valence-electron chi connectivity index (χ2n) is 15.6. The average Bonchev–Trinajstić information content (AvgIpc) is 3.56. The van der Waals surface area contributed by atoms with Crippen LogP contribution in [0.4, 0.5) is 10.5 Å². The van der Waals surface area contributed by atoms with Crippen molar-refractivity contribution >= 4 is 35.2 Å². The number of carbonyl (C=O) groups excluding carboxylic acids is 3. The first-order valence-corrected chi connectivity index (χ1v) is 19.5. The van der Waals surface area contributed by atoms with Gasteiger partial charge in [-0.1, -0.05) is 11.6 Å². The summed E-state index contributed by atoms with van der Waals surface area (Å²) in [6, 6.07) is 11.2. The number of nitrogens with one attached hydrogen (secondary N) is 2. The molecule has 16 heteroatoms. The fraction of sp³-hybridized carbons (Fsp3) is 0.452. The van der Waals surface area contributed by atoms with Crippen LogP contribution in [0.1, 0.15) is 62.7 Å². The Morgan fingerprint density at radius 1 is 0.983 bits per heavy atom. The van der Waals surface area contributed by atoms with Crippen molar-refractivity contribution in [1.29, 1.82) is 0 Å². The van der Waals surface area contributed by atoms with E-state index < -0.39 is 17.2 Å². The quantitative estimate of drug-likeness (QED) is 0.132. The predicted octanol–water partition coefficient (Wildman–Crippen LogP) is 6.60. The normalized spacial score (nSPS) is 14.5. The van der Waals surface area contributed by atoms with Gasteiger partial charge in [-0.3, -0.25) is 14.6 Å². The lowest BCUT2D eigenvalue weighted by molar-refractivity contribution is -0.117. The number of nitrogens with zero attached hydrogens (tertiary/aromatic N) is 4. The number of benzene rings is 2. The van der Waals surface area contributed by atoms with Gasteiger partial charge in [-0.05, 0) is 77.4 Å². The number of halogens is 1. The molecule has 4 heterocycles. The number of hydrogen-bond donors (Lipinski definition) is 2. The van der Waals surface area contributed by atoms with E-state index in [1.54, 1.807) is 45.0 Å². The van der Waals surface area contributed by atoms with Gasteiger partial charge in [0.25, 0.3) is 5.91 Å². The summed E-state index contributed by atoms with van der Waals surface area (Å²) in [5, 5.41) is 11.0. The number of hydrogen-bond acceptors (Lipinski definition) is 11. The number of aryl methyl sites for hydroxylation is 1. The molecule has 2 aromatic heterocycles. The summed E-state index contributed by atoms with van der Waals surface area (Å²) in [6.07, 6.45) is 2.86. The molecule has 2 N–H and O–H groups in total. The minimum Gasteiger partial charge on any atom is -0.496 e. The highest BCUT2D eigenvalue weighted by Crippen LogP contribution is 2.46. The summed E-state index contributed by atoms with van der Waals surface area (Å²) in [7, 11) is 1.57. The number of ether oxygens (including phenoxy) is 6. The summed E-state index contributed by atoms with van der Waals surface area (Å²) in [5.41, 5.74) is 4.70. The van der Waals surface area contributed by atoms with Crippen LogP contribution in [0.25, 0.3) is 28.1 Å². The Hall–Kier alpha value is -5.22. The molecule has 0 atom stereocenters. The monoisotopic (exact) mass is 818 g/mol. The van der Waals surface area contributed by atoms with E-state index in [1.807, 2.05) is 62.1 Å². The zero-order valence-electron chi connectivity index (χ0n) is 34.0. The van der Waals surface area contributed by atoms with Crippen LogP contribution in [-0.2, 0) is 30.3 Å². The predicted molar refractivity (Wildman–Crippen MR) is 218 cm³/mol. The van der Waals surface area contributed by atoms with Crippen LogP contribution in [-0.4, -0.2) is 109 Å². The van der Waals surface area contributed by atoms with E-state index >= 15 is 0 Å². The molecule has 0 spiro atoms. The van der Waals surface area contributed by atoms with Crippen LogP contribution in [0.3, 0.4) is 0 Å². The molecule has 3 amide bonds. The Morgan fingerprint density at radius 3 is 2.48 bits per heavy atom. The molecule has 2 aromatic carbocycles. The van der Waals surface area contributed by atoms with E-state index in [0.29, 0.717) is 101 Å². The maximum atomic E-state index is 14.3. The van der Waals surface area contributed by atoms with Crippen molar-refractivity contribution in [1.82, 2.24) is 25.0 Å². The van der Waals surface area contributed by atoms with Gasteiger partial charge < -0.3 is 44.0 Å². The Morgan fingerprint density at radius 2 is 1.76 bits per heavy atom. The summed E-state index contributed by atoms with van der Waals surface area (Å²) in [6.45, 7) is 14.1. The number of morpholine rings is 1. The largest absolute Gasteiger partial charge is 0.496 e. The van der Waals surface area contributed by atoms with Gasteiger partial charge in [0.1, 0.15) is 23.7 Å². The third kappa shape index (κ3) is 10.3. The molecule has 310 valence electrons. The number of aromatic nitrogens is 3. The van der Waals surface area contributed by atoms with Gasteiger partial charge in [-0.15, -0.1) is 0 Å². The third-order valence-corrected chi connectivity index (χ3v) is 9.59. The van der Waals surface area contributed by atoms with E-state index in [9.17, 15) is 14.4 Å². The summed E-state index contributed by atoms with van der Waals surface area (Å²) < 4.78 is 35.9. The van der Waals surface area contributed by atoms with Crippen molar-refractivity contribution in [3.63, 3.8) is 0 Å². The number of alkyl carbamates (subject to hydrolysis) is 1. The van der Waals surface area contributed by atoms with Gasteiger partial charge in [0.2, 0.25) is 5.91 Å². The van der Waals surface area contributed by atoms with Gasteiger partial charge in [-0.2, -0.15) is 5.10 Å². The molecular weight excluding hydrogens is 768 g/mol. The highest BCUT2D eigenvalue weighted by atomic mass is 35.5. The van der Waals surface area contributed by atoms with E-state index in [2.05, 4.69) is 15.6 Å². The maximum absolute atomic E-state index is 14.3. The summed E-state index contributed by atoms with van der Waals surface area (Å²) in [5.74, 6) is 0.621. The maximum Gasteiger partial charge on any atom is 0.407 e. The van der Waals surface area contributed by atoms with Crippen molar-refractivity contribution in [2.45, 2.75) is 65.7 Å². The number of amides is 3. The van der Waals surface area contributed by atoms with Crippen LogP contribution in [0.5, 0.6) is 11.5 Å². The molecule has 1 saturated heterocycles. The van der Waals surface area contributed by atoms with E-state index in [-0.39, 0.29) is 38.1 Å². The zero-order valence-corrected chi connectivity index (χ0v) is 34.8. The Balaban J connectivity index is 1.18. The van der Waals surface area contributed by atoms with Crippen LogP contribution in [0.15, 0.2) is 48.8 Å². The average molecular weight is 819 g/mol. The minimum absolute atomic E-state index is 0.113. The number of fused-ring (bicyclic) bond motifs is 3. The van der Waals surface area contributed by atoms with E-state index in [0.717, 1.165) is 5.56 Å². The van der Waals surface area contributed by atoms with Gasteiger partial charge in [0.15, 0.2) is 5.69 Å². The van der Waals surface area contributed by atoms with Crippen molar-refractivity contribution < 1.29 is 42.8 Å². The van der Waals surface area contributed by atoms with Crippen LogP contribution >= 0.6 is 11.6 Å². The molecule has 0 bridgehead atoms. The van der Waals surface area contributed by atoms with Gasteiger partial charge >= 0.3 is 6.09 Å². The van der Waals surface area contributed by atoms with E-state index in [4.69, 9.17) is 45.1 Å². The molecule has 15 nitrogen and oxygen atoms in total. The lowest BCUT2D eigenvalue weighted by Crippen LogP contribution is -2.55. The smallest absolute Gasteiger partial charge is 0.407 e. The van der Waals surface area contributed by atoms with Crippen molar-refractivity contribution in [2.24, 2.45) is 0 Å². The number of methoxy groups -OCH3 is 1. The molecule has 58 heavy (non-hydrogen) atoms. The SMILES string of the molecule is COc1cc2c(cc1-c1cncc(NC(=O)CCOCCOCCNC(=O)OC(C)(C)C)c1)-c1c(c(C(=O)N3CCOCC3(C)C)nn1-c1cc(C)cc(Cl)c1)CO2. The third-order valence-electron chi connectivity index (χ3n) is 9.37. The fourth-order valence-electron chi connectivity index (χ4n) is 6.74. The van der Waals surface area contributed by atoms with Crippen molar-refractivity contribution in [3.8, 4) is 39.6 Å². The Labute approximate surface area is 343 Å². The number of pyridine rings is 1. The molecule has 0 radical (unpaired) electrons. The Bertz CT molecular complexity index is 2130. The number of rotatable bonds is 14. The molecule has 6 rings (SSSR count). The molecule has 1 fully saturated rings. The second kappa shape index (κ2) is 18.1. The molecular formula is C42H51ClN6O9. The minimum atomic E-state index is -0.567.